The van der Waals surface area contributed by atoms with Gasteiger partial charge in [0.2, 0.25) is 0 Å². The molecule has 0 amide bonds. The molecular formula is C14H12ClN3O2S. The van der Waals surface area contributed by atoms with Crippen molar-refractivity contribution >= 4 is 39.0 Å². The van der Waals surface area contributed by atoms with Gasteiger partial charge in [0.1, 0.15) is 0 Å². The van der Waals surface area contributed by atoms with Crippen molar-refractivity contribution in [1.29, 1.82) is 0 Å². The van der Waals surface area contributed by atoms with Crippen LogP contribution in [0, 0.1) is 0 Å². The predicted molar refractivity (Wildman–Crippen MR) is 81.9 cm³/mol. The lowest BCUT2D eigenvalue weighted by atomic mass is 10.2. The molecule has 2 aromatic heterocycles. The van der Waals surface area contributed by atoms with Crippen LogP contribution in [0.5, 0.6) is 0 Å². The Kier molecular flexibility index (Phi) is 3.90. The predicted octanol–water partition coefficient (Wildman–Crippen LogP) is 3.21. The van der Waals surface area contributed by atoms with Crippen molar-refractivity contribution in [2.75, 3.05) is 0 Å². The average molecular weight is 322 g/mol. The number of aliphatic carboxylic acids is 1. The van der Waals surface area contributed by atoms with Crippen molar-refractivity contribution in [2.24, 2.45) is 0 Å². The highest BCUT2D eigenvalue weighted by Gasteiger charge is 2.11. The van der Waals surface area contributed by atoms with Gasteiger partial charge in [-0.2, -0.15) is 0 Å². The molecule has 3 rings (SSSR count). The van der Waals surface area contributed by atoms with Crippen LogP contribution < -0.4 is 0 Å². The van der Waals surface area contributed by atoms with E-state index < -0.39 is 5.97 Å². The van der Waals surface area contributed by atoms with E-state index in [9.17, 15) is 4.79 Å². The van der Waals surface area contributed by atoms with Gasteiger partial charge in [-0.25, -0.2) is 4.68 Å². The number of fused-ring (bicyclic) bond motifs is 1. The molecule has 0 aliphatic heterocycles. The molecule has 108 valence electrons. The smallest absolute Gasteiger partial charge is 0.303 e. The molecule has 7 heteroatoms. The van der Waals surface area contributed by atoms with Crippen molar-refractivity contribution in [3.8, 4) is 0 Å². The first kappa shape index (κ1) is 14.0. The Bertz CT molecular complexity index is 796. The normalized spacial score (nSPS) is 11.1. The Morgan fingerprint density at radius 3 is 2.95 bits per heavy atom. The van der Waals surface area contributed by atoms with Gasteiger partial charge < -0.3 is 5.11 Å². The minimum atomic E-state index is -0.836. The van der Waals surface area contributed by atoms with E-state index >= 15 is 0 Å². The summed E-state index contributed by atoms with van der Waals surface area (Å²) < 4.78 is 2.83. The molecule has 2 heterocycles. The standard InChI is InChI=1S/C14H12ClN3O2S/c15-14-10-3-1-2-4-11(10)21-12(14)8-18-7-9(16-17-18)5-6-13(19)20/h1-4,7H,5-6,8H2,(H,19,20). The number of aryl methyl sites for hydroxylation is 1. The Morgan fingerprint density at radius 1 is 1.38 bits per heavy atom. The number of benzene rings is 1. The molecule has 0 bridgehead atoms. The van der Waals surface area contributed by atoms with Crippen molar-refractivity contribution < 1.29 is 9.90 Å². The van der Waals surface area contributed by atoms with E-state index in [2.05, 4.69) is 10.3 Å². The Morgan fingerprint density at radius 2 is 2.19 bits per heavy atom. The third-order valence-electron chi connectivity index (χ3n) is 3.09. The fourth-order valence-corrected chi connectivity index (χ4v) is 3.56. The number of halogens is 1. The first-order valence-electron chi connectivity index (χ1n) is 6.40. The fraction of sp³-hybridized carbons (Fsp3) is 0.214. The van der Waals surface area contributed by atoms with E-state index in [0.29, 0.717) is 18.7 Å². The second-order valence-electron chi connectivity index (χ2n) is 4.64. The van der Waals surface area contributed by atoms with E-state index in [1.807, 2.05) is 24.3 Å². The topological polar surface area (TPSA) is 68.0 Å². The largest absolute Gasteiger partial charge is 0.481 e. The quantitative estimate of drug-likeness (QED) is 0.783. The molecule has 0 saturated heterocycles. The number of nitrogens with zero attached hydrogens (tertiary/aromatic N) is 3. The van der Waals surface area contributed by atoms with Gasteiger partial charge in [0.25, 0.3) is 0 Å². The summed E-state index contributed by atoms with van der Waals surface area (Å²) in [6.45, 7) is 0.540. The summed E-state index contributed by atoms with van der Waals surface area (Å²) in [5.74, 6) is -0.836. The number of aromatic nitrogens is 3. The first-order valence-corrected chi connectivity index (χ1v) is 7.59. The zero-order chi connectivity index (χ0) is 14.8. The Balaban J connectivity index is 1.79. The zero-order valence-corrected chi connectivity index (χ0v) is 12.6. The first-order chi connectivity index (χ1) is 10.1. The minimum absolute atomic E-state index is 0.0579. The molecular weight excluding hydrogens is 310 g/mol. The molecule has 0 spiro atoms. The van der Waals surface area contributed by atoms with Gasteiger partial charge in [-0.15, -0.1) is 16.4 Å². The number of carboxylic acids is 1. The number of rotatable bonds is 5. The van der Waals surface area contributed by atoms with Crippen LogP contribution in [-0.2, 0) is 17.8 Å². The summed E-state index contributed by atoms with van der Waals surface area (Å²) in [6, 6.07) is 7.98. The summed E-state index contributed by atoms with van der Waals surface area (Å²) in [6.07, 6.45) is 2.21. The molecule has 0 saturated carbocycles. The third-order valence-corrected chi connectivity index (χ3v) is 4.79. The summed E-state index contributed by atoms with van der Waals surface area (Å²) in [7, 11) is 0. The molecule has 0 atom stereocenters. The van der Waals surface area contributed by atoms with Crippen molar-refractivity contribution in [3.05, 3.63) is 46.1 Å². The van der Waals surface area contributed by atoms with Crippen molar-refractivity contribution in [2.45, 2.75) is 19.4 Å². The SMILES string of the molecule is O=C(O)CCc1cn(Cc2sc3ccccc3c2Cl)nn1. The van der Waals surface area contributed by atoms with E-state index in [0.717, 1.165) is 20.0 Å². The summed E-state index contributed by atoms with van der Waals surface area (Å²) in [4.78, 5) is 11.6. The summed E-state index contributed by atoms with van der Waals surface area (Å²) >= 11 is 8.02. The maximum atomic E-state index is 10.5. The molecule has 3 aromatic rings. The number of thiophene rings is 1. The van der Waals surface area contributed by atoms with Crippen molar-refractivity contribution in [3.63, 3.8) is 0 Å². The number of carbonyl (C=O) groups is 1. The van der Waals surface area contributed by atoms with Crippen LogP contribution in [0.25, 0.3) is 10.1 Å². The van der Waals surface area contributed by atoms with Gasteiger partial charge in [0.15, 0.2) is 0 Å². The highest BCUT2D eigenvalue weighted by molar-refractivity contribution is 7.19. The number of hydrogen-bond acceptors (Lipinski definition) is 4. The molecule has 0 fully saturated rings. The van der Waals surface area contributed by atoms with Crippen LogP contribution in [0.2, 0.25) is 5.02 Å². The van der Waals surface area contributed by atoms with Crippen LogP contribution in [0.15, 0.2) is 30.5 Å². The third kappa shape index (κ3) is 3.06. The zero-order valence-electron chi connectivity index (χ0n) is 11.0. The molecule has 5 nitrogen and oxygen atoms in total. The van der Waals surface area contributed by atoms with Gasteiger partial charge in [0, 0.05) is 27.6 Å². The van der Waals surface area contributed by atoms with Gasteiger partial charge in [0.05, 0.1) is 23.7 Å². The van der Waals surface area contributed by atoms with Gasteiger partial charge >= 0.3 is 5.97 Å². The van der Waals surface area contributed by atoms with Gasteiger partial charge in [-0.3, -0.25) is 4.79 Å². The Labute approximate surface area is 129 Å². The average Bonchev–Trinajstić information content (AvgIpc) is 3.03. The fourth-order valence-electron chi connectivity index (χ4n) is 2.08. The van der Waals surface area contributed by atoms with Gasteiger partial charge in [-0.05, 0) is 6.07 Å². The van der Waals surface area contributed by atoms with E-state index in [1.54, 1.807) is 22.2 Å². The van der Waals surface area contributed by atoms with Crippen LogP contribution in [0.1, 0.15) is 17.0 Å². The van der Waals surface area contributed by atoms with E-state index in [1.165, 1.54) is 0 Å². The molecule has 1 aromatic carbocycles. The van der Waals surface area contributed by atoms with E-state index in [-0.39, 0.29) is 6.42 Å². The summed E-state index contributed by atoms with van der Waals surface area (Å²) in [5, 5.41) is 18.5. The monoisotopic (exact) mass is 321 g/mol. The minimum Gasteiger partial charge on any atom is -0.481 e. The maximum absolute atomic E-state index is 10.5. The van der Waals surface area contributed by atoms with Crippen LogP contribution >= 0.6 is 22.9 Å². The Hall–Kier alpha value is -1.92. The van der Waals surface area contributed by atoms with Crippen LogP contribution in [0.4, 0.5) is 0 Å². The highest BCUT2D eigenvalue weighted by atomic mass is 35.5. The molecule has 21 heavy (non-hydrogen) atoms. The molecule has 0 unspecified atom stereocenters. The molecule has 0 aliphatic carbocycles. The van der Waals surface area contributed by atoms with Crippen LogP contribution in [-0.4, -0.2) is 26.1 Å². The second kappa shape index (κ2) is 5.83. The lowest BCUT2D eigenvalue weighted by molar-refractivity contribution is -0.136. The second-order valence-corrected chi connectivity index (χ2v) is 6.15. The molecule has 0 aliphatic rings. The highest BCUT2D eigenvalue weighted by Crippen LogP contribution is 2.35. The van der Waals surface area contributed by atoms with E-state index in [4.69, 9.17) is 16.7 Å². The lowest BCUT2D eigenvalue weighted by Gasteiger charge is -1.97. The lowest BCUT2D eigenvalue weighted by Crippen LogP contribution is -1.99. The summed E-state index contributed by atoms with van der Waals surface area (Å²) in [5.41, 5.74) is 0.676. The van der Waals surface area contributed by atoms with Crippen LogP contribution in [0.3, 0.4) is 0 Å². The van der Waals surface area contributed by atoms with Gasteiger partial charge in [-0.1, -0.05) is 35.0 Å². The number of hydrogen-bond donors (Lipinski definition) is 1. The molecule has 0 radical (unpaired) electrons. The maximum Gasteiger partial charge on any atom is 0.303 e. The van der Waals surface area contributed by atoms with Crippen molar-refractivity contribution in [1.82, 2.24) is 15.0 Å². The number of carboxylic acid groups (broad SMARTS) is 1. The molecule has 1 N–H and O–H groups in total.